The number of nitrogens with one attached hydrogen (secondary N) is 1. The van der Waals surface area contributed by atoms with Gasteiger partial charge in [-0.3, -0.25) is 9.48 Å². The van der Waals surface area contributed by atoms with E-state index in [1.807, 2.05) is 30.3 Å². The van der Waals surface area contributed by atoms with E-state index in [0.29, 0.717) is 6.54 Å². The Morgan fingerprint density at radius 1 is 1.44 bits per heavy atom. The first-order valence-electron chi connectivity index (χ1n) is 5.60. The Labute approximate surface area is 105 Å². The molecule has 1 amide bonds. The fourth-order valence-corrected chi connectivity index (χ4v) is 1.66. The van der Waals surface area contributed by atoms with Crippen LogP contribution in [0.1, 0.15) is 11.6 Å². The topological polar surface area (TPSA) is 59.8 Å². The van der Waals surface area contributed by atoms with Gasteiger partial charge in [0.15, 0.2) is 0 Å². The van der Waals surface area contributed by atoms with Gasteiger partial charge in [-0.25, -0.2) is 4.98 Å². The minimum atomic E-state index is -0.205. The van der Waals surface area contributed by atoms with Crippen LogP contribution in [0.25, 0.3) is 0 Å². The SMILES string of the molecule is C=CC(=O)N[C@@H](Cn1cncn1)c1ccccc1. The normalized spacial score (nSPS) is 11.8. The highest BCUT2D eigenvalue weighted by Gasteiger charge is 2.13. The molecule has 0 saturated carbocycles. The summed E-state index contributed by atoms with van der Waals surface area (Å²) in [7, 11) is 0. The number of benzene rings is 1. The van der Waals surface area contributed by atoms with Crippen LogP contribution < -0.4 is 5.32 Å². The zero-order chi connectivity index (χ0) is 12.8. The van der Waals surface area contributed by atoms with Crippen LogP contribution in [0.2, 0.25) is 0 Å². The van der Waals surface area contributed by atoms with E-state index in [9.17, 15) is 4.79 Å². The number of aromatic nitrogens is 3. The van der Waals surface area contributed by atoms with E-state index < -0.39 is 0 Å². The van der Waals surface area contributed by atoms with Crippen molar-refractivity contribution in [2.45, 2.75) is 12.6 Å². The van der Waals surface area contributed by atoms with E-state index in [2.05, 4.69) is 22.0 Å². The van der Waals surface area contributed by atoms with E-state index in [0.717, 1.165) is 5.56 Å². The first-order chi connectivity index (χ1) is 8.79. The molecule has 0 unspecified atom stereocenters. The Morgan fingerprint density at radius 2 is 2.22 bits per heavy atom. The van der Waals surface area contributed by atoms with Crippen molar-refractivity contribution in [1.82, 2.24) is 20.1 Å². The first kappa shape index (κ1) is 12.0. The van der Waals surface area contributed by atoms with Crippen molar-refractivity contribution in [3.63, 3.8) is 0 Å². The van der Waals surface area contributed by atoms with Gasteiger partial charge in [0.2, 0.25) is 5.91 Å². The average Bonchev–Trinajstić information content (AvgIpc) is 2.92. The van der Waals surface area contributed by atoms with Gasteiger partial charge >= 0.3 is 0 Å². The Bertz CT molecular complexity index is 507. The van der Waals surface area contributed by atoms with Gasteiger partial charge in [-0.1, -0.05) is 36.9 Å². The van der Waals surface area contributed by atoms with Crippen LogP contribution in [0, 0.1) is 0 Å². The molecular formula is C13H14N4O. The molecule has 0 aliphatic rings. The van der Waals surface area contributed by atoms with Crippen LogP contribution in [0.15, 0.2) is 55.6 Å². The lowest BCUT2D eigenvalue weighted by atomic mass is 10.1. The highest BCUT2D eigenvalue weighted by molar-refractivity contribution is 5.87. The van der Waals surface area contributed by atoms with Crippen LogP contribution in [-0.4, -0.2) is 20.7 Å². The summed E-state index contributed by atoms with van der Waals surface area (Å²) in [5, 5.41) is 6.92. The molecule has 2 aromatic rings. The summed E-state index contributed by atoms with van der Waals surface area (Å²) in [6.45, 7) is 3.99. The predicted octanol–water partition coefficient (Wildman–Crippen LogP) is 1.32. The van der Waals surface area contributed by atoms with E-state index in [1.165, 1.54) is 12.4 Å². The summed E-state index contributed by atoms with van der Waals surface area (Å²) in [4.78, 5) is 15.3. The molecular weight excluding hydrogens is 228 g/mol. The monoisotopic (exact) mass is 242 g/mol. The van der Waals surface area contributed by atoms with Crippen molar-refractivity contribution in [3.05, 3.63) is 61.2 Å². The molecule has 0 radical (unpaired) electrons. The minimum Gasteiger partial charge on any atom is -0.344 e. The molecule has 5 nitrogen and oxygen atoms in total. The lowest BCUT2D eigenvalue weighted by molar-refractivity contribution is -0.117. The summed E-state index contributed by atoms with van der Waals surface area (Å²) in [5.74, 6) is -0.205. The van der Waals surface area contributed by atoms with Gasteiger partial charge in [0.1, 0.15) is 12.7 Å². The van der Waals surface area contributed by atoms with E-state index in [4.69, 9.17) is 0 Å². The summed E-state index contributed by atoms with van der Waals surface area (Å²) < 4.78 is 1.68. The Morgan fingerprint density at radius 3 is 2.83 bits per heavy atom. The molecule has 0 spiro atoms. The largest absolute Gasteiger partial charge is 0.344 e. The van der Waals surface area contributed by atoms with Gasteiger partial charge in [-0.15, -0.1) is 0 Å². The molecule has 1 N–H and O–H groups in total. The standard InChI is InChI=1S/C13H14N4O/c1-2-13(18)16-12(8-17-10-14-9-15-17)11-6-4-3-5-7-11/h2-7,9-10,12H,1,8H2,(H,16,18)/t12-/m0/s1. The zero-order valence-corrected chi connectivity index (χ0v) is 9.86. The molecule has 92 valence electrons. The van der Waals surface area contributed by atoms with Gasteiger partial charge < -0.3 is 5.32 Å². The maximum absolute atomic E-state index is 11.4. The van der Waals surface area contributed by atoms with E-state index in [1.54, 1.807) is 11.0 Å². The van der Waals surface area contributed by atoms with E-state index in [-0.39, 0.29) is 11.9 Å². The first-order valence-corrected chi connectivity index (χ1v) is 5.60. The molecule has 0 fully saturated rings. The average molecular weight is 242 g/mol. The van der Waals surface area contributed by atoms with Crippen molar-refractivity contribution in [2.24, 2.45) is 0 Å². The molecule has 0 aliphatic carbocycles. The second-order valence-electron chi connectivity index (χ2n) is 3.79. The van der Waals surface area contributed by atoms with Gasteiger partial charge in [0.25, 0.3) is 0 Å². The number of rotatable bonds is 5. The third-order valence-corrected chi connectivity index (χ3v) is 2.54. The molecule has 5 heteroatoms. The molecule has 1 aromatic carbocycles. The molecule has 1 atom stereocenters. The predicted molar refractivity (Wildman–Crippen MR) is 67.5 cm³/mol. The Hall–Kier alpha value is -2.43. The minimum absolute atomic E-state index is 0.154. The van der Waals surface area contributed by atoms with Gasteiger partial charge in [-0.2, -0.15) is 5.10 Å². The van der Waals surface area contributed by atoms with Crippen molar-refractivity contribution in [3.8, 4) is 0 Å². The summed E-state index contributed by atoms with van der Waals surface area (Å²) >= 11 is 0. The fourth-order valence-electron chi connectivity index (χ4n) is 1.66. The van der Waals surface area contributed by atoms with Gasteiger partial charge in [0.05, 0.1) is 12.6 Å². The van der Waals surface area contributed by atoms with Crippen molar-refractivity contribution in [1.29, 1.82) is 0 Å². The number of hydrogen-bond donors (Lipinski definition) is 1. The molecule has 0 bridgehead atoms. The summed E-state index contributed by atoms with van der Waals surface area (Å²) in [5.41, 5.74) is 1.02. The molecule has 2 rings (SSSR count). The van der Waals surface area contributed by atoms with Crippen LogP contribution >= 0.6 is 0 Å². The lowest BCUT2D eigenvalue weighted by Crippen LogP contribution is -2.30. The Kier molecular flexibility index (Phi) is 3.86. The maximum atomic E-state index is 11.4. The number of carbonyl (C=O) groups excluding carboxylic acids is 1. The highest BCUT2D eigenvalue weighted by Crippen LogP contribution is 2.14. The molecule has 18 heavy (non-hydrogen) atoms. The third-order valence-electron chi connectivity index (χ3n) is 2.54. The number of nitrogens with zero attached hydrogens (tertiary/aromatic N) is 3. The molecule has 1 aromatic heterocycles. The molecule has 0 saturated heterocycles. The zero-order valence-electron chi connectivity index (χ0n) is 9.86. The van der Waals surface area contributed by atoms with E-state index >= 15 is 0 Å². The molecule has 1 heterocycles. The van der Waals surface area contributed by atoms with Gasteiger partial charge in [0, 0.05) is 0 Å². The second kappa shape index (κ2) is 5.77. The summed E-state index contributed by atoms with van der Waals surface area (Å²) in [6.07, 6.45) is 4.35. The quantitative estimate of drug-likeness (QED) is 0.804. The highest BCUT2D eigenvalue weighted by atomic mass is 16.1. The number of hydrogen-bond acceptors (Lipinski definition) is 3. The van der Waals surface area contributed by atoms with Crippen molar-refractivity contribution in [2.75, 3.05) is 0 Å². The lowest BCUT2D eigenvalue weighted by Gasteiger charge is -2.18. The van der Waals surface area contributed by atoms with Crippen molar-refractivity contribution < 1.29 is 4.79 Å². The van der Waals surface area contributed by atoms with Gasteiger partial charge in [-0.05, 0) is 11.6 Å². The van der Waals surface area contributed by atoms with Crippen molar-refractivity contribution >= 4 is 5.91 Å². The van der Waals surface area contributed by atoms with Crippen LogP contribution in [0.4, 0.5) is 0 Å². The third kappa shape index (κ3) is 3.04. The van der Waals surface area contributed by atoms with Crippen LogP contribution in [-0.2, 0) is 11.3 Å². The summed E-state index contributed by atoms with van der Waals surface area (Å²) in [6, 6.07) is 9.58. The molecule has 0 aliphatic heterocycles. The smallest absolute Gasteiger partial charge is 0.243 e. The number of carbonyl (C=O) groups is 1. The van der Waals surface area contributed by atoms with Crippen LogP contribution in [0.3, 0.4) is 0 Å². The van der Waals surface area contributed by atoms with Crippen LogP contribution in [0.5, 0.6) is 0 Å². The second-order valence-corrected chi connectivity index (χ2v) is 3.79. The number of amides is 1. The Balaban J connectivity index is 2.17. The fraction of sp³-hybridized carbons (Fsp3) is 0.154. The maximum Gasteiger partial charge on any atom is 0.243 e.